The summed E-state index contributed by atoms with van der Waals surface area (Å²) in [6, 6.07) is 4.80. The third kappa shape index (κ3) is 4.42. The van der Waals surface area contributed by atoms with E-state index in [0.29, 0.717) is 29.3 Å². The molecule has 0 saturated heterocycles. The molecule has 0 spiro atoms. The number of hydrogen-bond acceptors (Lipinski definition) is 4. The number of rotatable bonds is 7. The first kappa shape index (κ1) is 18.6. The van der Waals surface area contributed by atoms with E-state index in [-0.39, 0.29) is 11.8 Å². The van der Waals surface area contributed by atoms with Crippen LogP contribution in [0.3, 0.4) is 0 Å². The fraction of sp³-hybridized carbons (Fsp3) is 0.438. The molecule has 1 atom stereocenters. The van der Waals surface area contributed by atoms with Crippen LogP contribution in [0.5, 0.6) is 0 Å². The molecule has 2 amide bonds. The van der Waals surface area contributed by atoms with Crippen molar-refractivity contribution in [1.82, 2.24) is 14.9 Å². The van der Waals surface area contributed by atoms with Crippen molar-refractivity contribution in [1.29, 1.82) is 0 Å². The molecule has 6 nitrogen and oxygen atoms in total. The molecule has 130 valence electrons. The standard InChI is InChI=1S/C16H21ClN4O2S/c1-4-14(22)18-11(7-8-24-3)15(23)20-16-19-12-9-10(17)5-6-13(12)21(16)2/h5-6,9,11H,4,7-8H2,1-3H3,(H,18,22)(H,19,20,23)/t11-/m1/s1. The van der Waals surface area contributed by atoms with Crippen molar-refractivity contribution in [3.8, 4) is 0 Å². The van der Waals surface area contributed by atoms with Crippen molar-refractivity contribution in [3.05, 3.63) is 23.2 Å². The van der Waals surface area contributed by atoms with Crippen molar-refractivity contribution >= 4 is 52.2 Å². The van der Waals surface area contributed by atoms with Crippen LogP contribution >= 0.6 is 23.4 Å². The second-order valence-corrected chi connectivity index (χ2v) is 6.79. The summed E-state index contributed by atoms with van der Waals surface area (Å²) in [6.07, 6.45) is 2.87. The number of aryl methyl sites for hydroxylation is 1. The molecule has 0 unspecified atom stereocenters. The Kier molecular flexibility index (Phi) is 6.51. The van der Waals surface area contributed by atoms with E-state index >= 15 is 0 Å². The van der Waals surface area contributed by atoms with Crippen LogP contribution in [-0.4, -0.2) is 39.4 Å². The van der Waals surface area contributed by atoms with E-state index in [1.54, 1.807) is 35.4 Å². The summed E-state index contributed by atoms with van der Waals surface area (Å²) in [5.41, 5.74) is 1.58. The Balaban J connectivity index is 2.18. The van der Waals surface area contributed by atoms with Crippen LogP contribution in [0.25, 0.3) is 11.0 Å². The molecule has 0 aliphatic carbocycles. The maximum atomic E-state index is 12.6. The number of fused-ring (bicyclic) bond motifs is 1. The first-order chi connectivity index (χ1) is 11.5. The molecule has 2 rings (SSSR count). The topological polar surface area (TPSA) is 76.0 Å². The molecule has 0 aliphatic rings. The monoisotopic (exact) mass is 368 g/mol. The number of halogens is 1. The van der Waals surface area contributed by atoms with Gasteiger partial charge >= 0.3 is 0 Å². The Morgan fingerprint density at radius 1 is 1.42 bits per heavy atom. The summed E-state index contributed by atoms with van der Waals surface area (Å²) in [6.45, 7) is 1.76. The molecule has 0 radical (unpaired) electrons. The molecule has 0 fully saturated rings. The van der Waals surface area contributed by atoms with Crippen LogP contribution in [0.1, 0.15) is 19.8 Å². The second-order valence-electron chi connectivity index (χ2n) is 5.37. The van der Waals surface area contributed by atoms with Gasteiger partial charge in [0.25, 0.3) is 0 Å². The lowest BCUT2D eigenvalue weighted by atomic mass is 10.2. The number of benzene rings is 1. The molecular weight excluding hydrogens is 348 g/mol. The molecule has 0 saturated carbocycles. The fourth-order valence-electron chi connectivity index (χ4n) is 2.28. The first-order valence-corrected chi connectivity index (χ1v) is 9.44. The molecule has 1 aromatic heterocycles. The van der Waals surface area contributed by atoms with Gasteiger partial charge in [-0.15, -0.1) is 0 Å². The van der Waals surface area contributed by atoms with E-state index in [1.807, 2.05) is 19.4 Å². The minimum atomic E-state index is -0.576. The van der Waals surface area contributed by atoms with Crippen molar-refractivity contribution in [2.45, 2.75) is 25.8 Å². The third-order valence-corrected chi connectivity index (χ3v) is 4.54. The predicted molar refractivity (Wildman–Crippen MR) is 99.6 cm³/mol. The highest BCUT2D eigenvalue weighted by Crippen LogP contribution is 2.22. The van der Waals surface area contributed by atoms with Gasteiger partial charge < -0.3 is 9.88 Å². The SMILES string of the molecule is CCC(=O)N[C@H](CCSC)C(=O)Nc1nc2cc(Cl)ccc2n1C. The van der Waals surface area contributed by atoms with Crippen LogP contribution < -0.4 is 10.6 Å². The number of carbonyl (C=O) groups is 2. The Morgan fingerprint density at radius 3 is 2.83 bits per heavy atom. The summed E-state index contributed by atoms with van der Waals surface area (Å²) in [5.74, 6) is 0.792. The number of aromatic nitrogens is 2. The fourth-order valence-corrected chi connectivity index (χ4v) is 2.92. The van der Waals surface area contributed by atoms with Crippen molar-refractivity contribution in [2.75, 3.05) is 17.3 Å². The molecule has 1 aromatic carbocycles. The lowest BCUT2D eigenvalue weighted by molar-refractivity contribution is -0.126. The number of nitrogens with one attached hydrogen (secondary N) is 2. The highest BCUT2D eigenvalue weighted by Gasteiger charge is 2.21. The van der Waals surface area contributed by atoms with E-state index in [9.17, 15) is 9.59 Å². The summed E-state index contributed by atoms with van der Waals surface area (Å²) in [4.78, 5) is 28.6. The maximum absolute atomic E-state index is 12.6. The van der Waals surface area contributed by atoms with Gasteiger partial charge in [-0.2, -0.15) is 11.8 Å². The molecule has 24 heavy (non-hydrogen) atoms. The lowest BCUT2D eigenvalue weighted by Gasteiger charge is -2.17. The predicted octanol–water partition coefficient (Wildman–Crippen LogP) is 2.81. The van der Waals surface area contributed by atoms with Crippen molar-refractivity contribution in [2.24, 2.45) is 7.05 Å². The number of anilines is 1. The summed E-state index contributed by atoms with van der Waals surface area (Å²) in [7, 11) is 1.82. The van der Waals surface area contributed by atoms with Gasteiger partial charge in [0.15, 0.2) is 0 Å². The van der Waals surface area contributed by atoms with E-state index in [2.05, 4.69) is 15.6 Å². The number of nitrogens with zero attached hydrogens (tertiary/aromatic N) is 2. The smallest absolute Gasteiger partial charge is 0.249 e. The Labute approximate surface area is 150 Å². The summed E-state index contributed by atoms with van der Waals surface area (Å²) < 4.78 is 1.79. The highest BCUT2D eigenvalue weighted by molar-refractivity contribution is 7.98. The number of carbonyl (C=O) groups excluding carboxylic acids is 2. The first-order valence-electron chi connectivity index (χ1n) is 7.67. The Morgan fingerprint density at radius 2 is 2.17 bits per heavy atom. The minimum absolute atomic E-state index is 0.145. The molecule has 1 heterocycles. The highest BCUT2D eigenvalue weighted by atomic mass is 35.5. The number of imidazole rings is 1. The normalized spacial score (nSPS) is 12.2. The maximum Gasteiger partial charge on any atom is 0.249 e. The van der Waals surface area contributed by atoms with Gasteiger partial charge in [0.05, 0.1) is 11.0 Å². The van der Waals surface area contributed by atoms with Gasteiger partial charge in [0, 0.05) is 18.5 Å². The average molecular weight is 369 g/mol. The summed E-state index contributed by atoms with van der Waals surface area (Å²) in [5, 5.41) is 6.15. The van der Waals surface area contributed by atoms with Gasteiger partial charge in [0.2, 0.25) is 17.8 Å². The lowest BCUT2D eigenvalue weighted by Crippen LogP contribution is -2.44. The second kappa shape index (κ2) is 8.39. The van der Waals surface area contributed by atoms with Gasteiger partial charge in [-0.05, 0) is 36.6 Å². The Bertz CT molecular complexity index is 747. The van der Waals surface area contributed by atoms with Gasteiger partial charge in [-0.25, -0.2) is 4.98 Å². The van der Waals surface area contributed by atoms with E-state index in [1.165, 1.54) is 0 Å². The summed E-state index contributed by atoms with van der Waals surface area (Å²) >= 11 is 7.61. The number of amides is 2. The van der Waals surface area contributed by atoms with Crippen molar-refractivity contribution in [3.63, 3.8) is 0 Å². The zero-order valence-corrected chi connectivity index (χ0v) is 15.5. The van der Waals surface area contributed by atoms with Gasteiger partial charge in [-0.1, -0.05) is 18.5 Å². The molecule has 2 N–H and O–H groups in total. The average Bonchev–Trinajstić information content (AvgIpc) is 2.86. The van der Waals surface area contributed by atoms with E-state index in [0.717, 1.165) is 11.3 Å². The Hall–Kier alpha value is -1.73. The number of thioether (sulfide) groups is 1. The molecule has 2 aromatic rings. The van der Waals surface area contributed by atoms with Gasteiger partial charge in [-0.3, -0.25) is 14.9 Å². The minimum Gasteiger partial charge on any atom is -0.344 e. The zero-order chi connectivity index (χ0) is 17.7. The molecule has 0 aliphatic heterocycles. The largest absolute Gasteiger partial charge is 0.344 e. The zero-order valence-electron chi connectivity index (χ0n) is 13.9. The van der Waals surface area contributed by atoms with Crippen LogP contribution in [0.2, 0.25) is 5.02 Å². The van der Waals surface area contributed by atoms with Gasteiger partial charge in [0.1, 0.15) is 6.04 Å². The number of hydrogen-bond donors (Lipinski definition) is 2. The van der Waals surface area contributed by atoms with Crippen LogP contribution in [0.4, 0.5) is 5.95 Å². The van der Waals surface area contributed by atoms with Crippen molar-refractivity contribution < 1.29 is 9.59 Å². The van der Waals surface area contributed by atoms with E-state index in [4.69, 9.17) is 11.6 Å². The molecular formula is C16H21ClN4O2S. The molecule has 8 heteroatoms. The third-order valence-electron chi connectivity index (χ3n) is 3.66. The van der Waals surface area contributed by atoms with Crippen LogP contribution in [-0.2, 0) is 16.6 Å². The molecule has 0 bridgehead atoms. The van der Waals surface area contributed by atoms with Crippen LogP contribution in [0.15, 0.2) is 18.2 Å². The van der Waals surface area contributed by atoms with E-state index < -0.39 is 6.04 Å². The van der Waals surface area contributed by atoms with Crippen LogP contribution in [0, 0.1) is 0 Å². The quantitative estimate of drug-likeness (QED) is 0.787.